The van der Waals surface area contributed by atoms with Crippen LogP contribution in [0.2, 0.25) is 0 Å². The van der Waals surface area contributed by atoms with E-state index in [0.717, 1.165) is 21.6 Å². The minimum Gasteiger partial charge on any atom is -0.381 e. The minimum absolute atomic E-state index is 0.116. The Morgan fingerprint density at radius 2 is 2.11 bits per heavy atom. The SMILES string of the molecule is CCn1ncc(Br)c1C(O)c1ccc(C(C)(C)C)s1. The predicted molar refractivity (Wildman–Crippen MR) is 82.7 cm³/mol. The molecule has 3 nitrogen and oxygen atoms in total. The number of aryl methyl sites for hydroxylation is 1. The number of aromatic nitrogens is 2. The maximum absolute atomic E-state index is 10.6. The molecule has 1 unspecified atom stereocenters. The lowest BCUT2D eigenvalue weighted by Gasteiger charge is -2.16. The third-order valence-corrected chi connectivity index (χ3v) is 5.20. The summed E-state index contributed by atoms with van der Waals surface area (Å²) >= 11 is 5.13. The van der Waals surface area contributed by atoms with E-state index in [0.29, 0.717) is 0 Å². The molecule has 5 heteroatoms. The van der Waals surface area contributed by atoms with Crippen LogP contribution in [-0.4, -0.2) is 14.9 Å². The van der Waals surface area contributed by atoms with Gasteiger partial charge in [-0.25, -0.2) is 0 Å². The summed E-state index contributed by atoms with van der Waals surface area (Å²) in [4.78, 5) is 2.24. The summed E-state index contributed by atoms with van der Waals surface area (Å²) in [6.07, 6.45) is 1.11. The number of hydrogen-bond donors (Lipinski definition) is 1. The monoisotopic (exact) mass is 342 g/mol. The number of thiophene rings is 1. The molecule has 0 aliphatic rings. The van der Waals surface area contributed by atoms with Gasteiger partial charge in [0, 0.05) is 16.3 Å². The molecule has 0 saturated heterocycles. The van der Waals surface area contributed by atoms with Gasteiger partial charge in [-0.2, -0.15) is 5.10 Å². The van der Waals surface area contributed by atoms with Gasteiger partial charge in [-0.3, -0.25) is 4.68 Å². The lowest BCUT2D eigenvalue weighted by atomic mass is 9.95. The van der Waals surface area contributed by atoms with Crippen LogP contribution in [0.25, 0.3) is 0 Å². The summed E-state index contributed by atoms with van der Waals surface area (Å²) in [5.41, 5.74) is 0.940. The van der Waals surface area contributed by atoms with Crippen LogP contribution in [-0.2, 0) is 12.0 Å². The summed E-state index contributed by atoms with van der Waals surface area (Å²) in [7, 11) is 0. The molecule has 0 aromatic carbocycles. The number of nitrogens with zero attached hydrogens (tertiary/aromatic N) is 2. The molecule has 0 fully saturated rings. The zero-order valence-electron chi connectivity index (χ0n) is 11.6. The molecule has 0 aliphatic carbocycles. The molecule has 2 aromatic rings. The Bertz CT molecular complexity index is 568. The van der Waals surface area contributed by atoms with E-state index >= 15 is 0 Å². The molecule has 0 saturated carbocycles. The van der Waals surface area contributed by atoms with Crippen LogP contribution in [0.15, 0.2) is 22.8 Å². The molecule has 0 radical (unpaired) electrons. The maximum Gasteiger partial charge on any atom is 0.131 e. The number of rotatable bonds is 3. The lowest BCUT2D eigenvalue weighted by molar-refractivity contribution is 0.211. The number of halogens is 1. The van der Waals surface area contributed by atoms with Crippen molar-refractivity contribution in [1.82, 2.24) is 9.78 Å². The standard InChI is InChI=1S/C14H19BrN2OS/c1-5-17-12(9(15)8-16-17)13(18)10-6-7-11(19-10)14(2,3)4/h6-8,13,18H,5H2,1-4H3. The van der Waals surface area contributed by atoms with E-state index < -0.39 is 6.10 Å². The highest BCUT2D eigenvalue weighted by molar-refractivity contribution is 9.10. The largest absolute Gasteiger partial charge is 0.381 e. The second-order valence-corrected chi connectivity index (χ2v) is 7.52. The van der Waals surface area contributed by atoms with Crippen molar-refractivity contribution in [3.63, 3.8) is 0 Å². The fraction of sp³-hybridized carbons (Fsp3) is 0.500. The third-order valence-electron chi connectivity index (χ3n) is 3.03. The average Bonchev–Trinajstić information content (AvgIpc) is 2.93. The van der Waals surface area contributed by atoms with Gasteiger partial charge in [-0.1, -0.05) is 20.8 Å². The van der Waals surface area contributed by atoms with Crippen molar-refractivity contribution in [2.45, 2.75) is 45.8 Å². The molecular formula is C14H19BrN2OS. The Hall–Kier alpha value is -0.650. The van der Waals surface area contributed by atoms with Crippen LogP contribution in [0.3, 0.4) is 0 Å². The Morgan fingerprint density at radius 1 is 1.42 bits per heavy atom. The normalized spacial score (nSPS) is 13.8. The molecule has 104 valence electrons. The fourth-order valence-corrected chi connectivity index (χ4v) is 3.50. The first-order valence-electron chi connectivity index (χ1n) is 6.34. The van der Waals surface area contributed by atoms with Crippen molar-refractivity contribution in [2.75, 3.05) is 0 Å². The molecule has 1 atom stereocenters. The van der Waals surface area contributed by atoms with E-state index in [2.05, 4.69) is 47.9 Å². The highest BCUT2D eigenvalue weighted by Crippen LogP contribution is 2.36. The Balaban J connectivity index is 2.36. The number of aliphatic hydroxyl groups is 1. The van der Waals surface area contributed by atoms with Gasteiger partial charge in [-0.15, -0.1) is 11.3 Å². The summed E-state index contributed by atoms with van der Waals surface area (Å²) in [6, 6.07) is 4.11. The number of aliphatic hydroxyl groups excluding tert-OH is 1. The molecule has 1 N–H and O–H groups in total. The second kappa shape index (κ2) is 5.38. The zero-order chi connectivity index (χ0) is 14.2. The zero-order valence-corrected chi connectivity index (χ0v) is 14.0. The van der Waals surface area contributed by atoms with Gasteiger partial charge >= 0.3 is 0 Å². The van der Waals surface area contributed by atoms with Crippen LogP contribution in [0, 0.1) is 0 Å². The average molecular weight is 343 g/mol. The van der Waals surface area contributed by atoms with Crippen LogP contribution >= 0.6 is 27.3 Å². The number of hydrogen-bond acceptors (Lipinski definition) is 3. The smallest absolute Gasteiger partial charge is 0.131 e. The van der Waals surface area contributed by atoms with Gasteiger partial charge in [0.1, 0.15) is 6.10 Å². The van der Waals surface area contributed by atoms with Crippen molar-refractivity contribution in [3.05, 3.63) is 38.3 Å². The summed E-state index contributed by atoms with van der Waals surface area (Å²) in [5, 5.41) is 14.8. The highest BCUT2D eigenvalue weighted by Gasteiger charge is 2.23. The summed E-state index contributed by atoms with van der Waals surface area (Å²) < 4.78 is 2.68. The molecule has 2 rings (SSSR count). The van der Waals surface area contributed by atoms with Crippen LogP contribution in [0.1, 0.15) is 49.2 Å². The van der Waals surface area contributed by atoms with Crippen molar-refractivity contribution >= 4 is 27.3 Å². The predicted octanol–water partition coefficient (Wildman–Crippen LogP) is 4.11. The second-order valence-electron chi connectivity index (χ2n) is 5.55. The van der Waals surface area contributed by atoms with Gasteiger partial charge < -0.3 is 5.11 Å². The first-order valence-corrected chi connectivity index (χ1v) is 7.95. The molecule has 19 heavy (non-hydrogen) atoms. The van der Waals surface area contributed by atoms with E-state index in [-0.39, 0.29) is 5.41 Å². The molecule has 2 aromatic heterocycles. The molecule has 0 amide bonds. The topological polar surface area (TPSA) is 38.0 Å². The van der Waals surface area contributed by atoms with E-state index in [4.69, 9.17) is 0 Å². The Labute approximate surface area is 126 Å². The van der Waals surface area contributed by atoms with E-state index in [1.54, 1.807) is 17.5 Å². The third kappa shape index (κ3) is 2.93. The fourth-order valence-electron chi connectivity index (χ4n) is 1.93. The quantitative estimate of drug-likeness (QED) is 0.911. The van der Waals surface area contributed by atoms with Gasteiger partial charge in [0.05, 0.1) is 16.4 Å². The van der Waals surface area contributed by atoms with Crippen molar-refractivity contribution in [1.29, 1.82) is 0 Å². The first kappa shape index (κ1) is 14.8. The molecule has 0 spiro atoms. The summed E-state index contributed by atoms with van der Waals surface area (Å²) in [5.74, 6) is 0. The van der Waals surface area contributed by atoms with Crippen LogP contribution in [0.4, 0.5) is 0 Å². The van der Waals surface area contributed by atoms with Crippen molar-refractivity contribution in [2.24, 2.45) is 0 Å². The minimum atomic E-state index is -0.627. The van der Waals surface area contributed by atoms with Crippen LogP contribution in [0.5, 0.6) is 0 Å². The van der Waals surface area contributed by atoms with Gasteiger partial charge in [0.2, 0.25) is 0 Å². The van der Waals surface area contributed by atoms with Gasteiger partial charge in [-0.05, 0) is 40.4 Å². The van der Waals surface area contributed by atoms with Crippen LogP contribution < -0.4 is 0 Å². The Morgan fingerprint density at radius 3 is 2.63 bits per heavy atom. The maximum atomic E-state index is 10.6. The van der Waals surface area contributed by atoms with E-state index in [1.165, 1.54) is 4.88 Å². The molecule has 2 heterocycles. The van der Waals surface area contributed by atoms with Gasteiger partial charge in [0.25, 0.3) is 0 Å². The van der Waals surface area contributed by atoms with Gasteiger partial charge in [0.15, 0.2) is 0 Å². The molecule has 0 bridgehead atoms. The van der Waals surface area contributed by atoms with Crippen molar-refractivity contribution in [3.8, 4) is 0 Å². The Kier molecular flexibility index (Phi) is 4.18. The first-order chi connectivity index (χ1) is 8.84. The lowest BCUT2D eigenvalue weighted by Crippen LogP contribution is -2.09. The van der Waals surface area contributed by atoms with Crippen molar-refractivity contribution < 1.29 is 5.11 Å². The summed E-state index contributed by atoms with van der Waals surface area (Å²) in [6.45, 7) is 9.31. The molecule has 0 aliphatic heterocycles. The highest BCUT2D eigenvalue weighted by atomic mass is 79.9. The van der Waals surface area contributed by atoms with E-state index in [9.17, 15) is 5.11 Å². The molecular weight excluding hydrogens is 324 g/mol. The van der Waals surface area contributed by atoms with E-state index in [1.807, 2.05) is 17.7 Å².